The molecule has 0 spiro atoms. The second-order valence-corrected chi connectivity index (χ2v) is 5.90. The predicted octanol–water partition coefficient (Wildman–Crippen LogP) is 3.32. The smallest absolute Gasteiger partial charge is 0.225 e. The monoisotopic (exact) mass is 225 g/mol. The Kier molecular flexibility index (Phi) is 5.30. The molecule has 1 rings (SSSR count). The Morgan fingerprint density at radius 1 is 1.25 bits per heavy atom. The van der Waals surface area contributed by atoms with Crippen LogP contribution in [0.1, 0.15) is 52.9 Å². The van der Waals surface area contributed by atoms with Crippen LogP contribution in [0.4, 0.5) is 0 Å². The van der Waals surface area contributed by atoms with Crippen LogP contribution in [0.5, 0.6) is 0 Å². The Hall–Kier alpha value is -0.530. The van der Waals surface area contributed by atoms with Gasteiger partial charge in [0.2, 0.25) is 5.91 Å². The third-order valence-corrected chi connectivity index (χ3v) is 3.78. The summed E-state index contributed by atoms with van der Waals surface area (Å²) >= 11 is 0. The molecule has 0 atom stereocenters. The molecule has 1 aliphatic carbocycles. The van der Waals surface area contributed by atoms with Crippen LogP contribution < -0.4 is 0 Å². The number of hydrogen-bond acceptors (Lipinski definition) is 1. The number of carbonyl (C=O) groups is 1. The van der Waals surface area contributed by atoms with Crippen LogP contribution in [-0.2, 0) is 4.79 Å². The molecule has 0 radical (unpaired) electrons. The standard InChI is InChI=1S/C14H27NO/c1-11(2)9-10-15(4)14(16)13-7-5-12(3)6-8-13/h11-13H,5-10H2,1-4H3. The van der Waals surface area contributed by atoms with Gasteiger partial charge in [-0.2, -0.15) is 0 Å². The van der Waals surface area contributed by atoms with Crippen molar-refractivity contribution in [1.82, 2.24) is 4.90 Å². The fourth-order valence-electron chi connectivity index (χ4n) is 2.38. The van der Waals surface area contributed by atoms with E-state index < -0.39 is 0 Å². The summed E-state index contributed by atoms with van der Waals surface area (Å²) in [5, 5.41) is 0. The lowest BCUT2D eigenvalue weighted by molar-refractivity contribution is -0.135. The number of amides is 1. The summed E-state index contributed by atoms with van der Waals surface area (Å²) in [6, 6.07) is 0. The maximum absolute atomic E-state index is 12.1. The van der Waals surface area contributed by atoms with Crippen LogP contribution in [0.15, 0.2) is 0 Å². The SMILES string of the molecule is CC(C)CCN(C)C(=O)C1CCC(C)CC1. The number of hydrogen-bond donors (Lipinski definition) is 0. The molecule has 2 nitrogen and oxygen atoms in total. The molecule has 0 heterocycles. The Morgan fingerprint density at radius 3 is 2.31 bits per heavy atom. The van der Waals surface area contributed by atoms with Gasteiger partial charge in [-0.05, 0) is 43.9 Å². The largest absolute Gasteiger partial charge is 0.346 e. The van der Waals surface area contributed by atoms with Crippen molar-refractivity contribution in [1.29, 1.82) is 0 Å². The number of rotatable bonds is 4. The van der Waals surface area contributed by atoms with Crippen molar-refractivity contribution in [3.05, 3.63) is 0 Å². The number of nitrogens with zero attached hydrogens (tertiary/aromatic N) is 1. The Labute approximate surface area is 100 Å². The zero-order chi connectivity index (χ0) is 12.1. The van der Waals surface area contributed by atoms with Gasteiger partial charge in [-0.3, -0.25) is 4.79 Å². The molecule has 0 bridgehead atoms. The average Bonchev–Trinajstić information content (AvgIpc) is 2.26. The molecule has 2 heteroatoms. The summed E-state index contributed by atoms with van der Waals surface area (Å²) < 4.78 is 0. The molecular weight excluding hydrogens is 198 g/mol. The van der Waals surface area contributed by atoms with E-state index >= 15 is 0 Å². The van der Waals surface area contributed by atoms with Crippen molar-refractivity contribution >= 4 is 5.91 Å². The first-order chi connectivity index (χ1) is 7.50. The Bertz CT molecular complexity index is 217. The topological polar surface area (TPSA) is 20.3 Å². The summed E-state index contributed by atoms with van der Waals surface area (Å²) in [4.78, 5) is 14.1. The maximum atomic E-state index is 12.1. The van der Waals surface area contributed by atoms with E-state index in [0.29, 0.717) is 17.7 Å². The van der Waals surface area contributed by atoms with Gasteiger partial charge in [0.1, 0.15) is 0 Å². The lowest BCUT2D eigenvalue weighted by atomic mass is 9.82. The van der Waals surface area contributed by atoms with Crippen molar-refractivity contribution in [2.45, 2.75) is 52.9 Å². The minimum absolute atomic E-state index is 0.313. The molecule has 0 aliphatic heterocycles. The first kappa shape index (κ1) is 13.5. The molecule has 0 unspecified atom stereocenters. The lowest BCUT2D eigenvalue weighted by Gasteiger charge is -2.29. The van der Waals surface area contributed by atoms with Gasteiger partial charge in [-0.15, -0.1) is 0 Å². The summed E-state index contributed by atoms with van der Waals surface area (Å²) in [5.41, 5.74) is 0. The van der Waals surface area contributed by atoms with Gasteiger partial charge in [0.15, 0.2) is 0 Å². The number of carbonyl (C=O) groups excluding carboxylic acids is 1. The Morgan fingerprint density at radius 2 is 1.81 bits per heavy atom. The predicted molar refractivity (Wildman–Crippen MR) is 68.2 cm³/mol. The summed E-state index contributed by atoms with van der Waals surface area (Å²) in [6.45, 7) is 7.63. The third-order valence-electron chi connectivity index (χ3n) is 3.78. The summed E-state index contributed by atoms with van der Waals surface area (Å²) in [6.07, 6.45) is 5.78. The van der Waals surface area contributed by atoms with Gasteiger partial charge in [0, 0.05) is 19.5 Å². The van der Waals surface area contributed by atoms with Crippen molar-refractivity contribution in [2.75, 3.05) is 13.6 Å². The van der Waals surface area contributed by atoms with Crippen molar-refractivity contribution in [2.24, 2.45) is 17.8 Å². The third kappa shape index (κ3) is 4.15. The second-order valence-electron chi connectivity index (χ2n) is 5.90. The first-order valence-electron chi connectivity index (χ1n) is 6.75. The molecular formula is C14H27NO. The quantitative estimate of drug-likeness (QED) is 0.718. The normalized spacial score (nSPS) is 25.8. The van der Waals surface area contributed by atoms with E-state index in [0.717, 1.165) is 31.7 Å². The average molecular weight is 225 g/mol. The molecule has 1 fully saturated rings. The van der Waals surface area contributed by atoms with Gasteiger partial charge >= 0.3 is 0 Å². The van der Waals surface area contributed by atoms with E-state index in [1.807, 2.05) is 11.9 Å². The second kappa shape index (κ2) is 6.27. The summed E-state index contributed by atoms with van der Waals surface area (Å²) in [7, 11) is 1.96. The van der Waals surface area contributed by atoms with Gasteiger partial charge in [-0.1, -0.05) is 20.8 Å². The molecule has 94 valence electrons. The van der Waals surface area contributed by atoms with Gasteiger partial charge in [0.25, 0.3) is 0 Å². The van der Waals surface area contributed by atoms with E-state index in [2.05, 4.69) is 20.8 Å². The zero-order valence-corrected chi connectivity index (χ0v) is 11.3. The van der Waals surface area contributed by atoms with E-state index in [-0.39, 0.29) is 0 Å². The van der Waals surface area contributed by atoms with Crippen molar-refractivity contribution < 1.29 is 4.79 Å². The Balaban J connectivity index is 2.32. The zero-order valence-electron chi connectivity index (χ0n) is 11.3. The van der Waals surface area contributed by atoms with Crippen LogP contribution in [0.2, 0.25) is 0 Å². The van der Waals surface area contributed by atoms with Crippen molar-refractivity contribution in [3.63, 3.8) is 0 Å². The van der Waals surface area contributed by atoms with Gasteiger partial charge < -0.3 is 4.90 Å². The molecule has 16 heavy (non-hydrogen) atoms. The highest BCUT2D eigenvalue weighted by atomic mass is 16.2. The fraction of sp³-hybridized carbons (Fsp3) is 0.929. The highest BCUT2D eigenvalue weighted by molar-refractivity contribution is 5.78. The van der Waals surface area contributed by atoms with E-state index in [9.17, 15) is 4.79 Å². The van der Waals surface area contributed by atoms with E-state index in [1.54, 1.807) is 0 Å². The van der Waals surface area contributed by atoms with Gasteiger partial charge in [-0.25, -0.2) is 0 Å². The molecule has 1 amide bonds. The molecule has 1 aliphatic rings. The van der Waals surface area contributed by atoms with E-state index in [1.165, 1.54) is 12.8 Å². The van der Waals surface area contributed by atoms with Crippen molar-refractivity contribution in [3.8, 4) is 0 Å². The van der Waals surface area contributed by atoms with Crippen LogP contribution >= 0.6 is 0 Å². The molecule has 0 N–H and O–H groups in total. The summed E-state index contributed by atoms with van der Waals surface area (Å²) in [5.74, 6) is 2.20. The molecule has 0 aromatic rings. The highest BCUT2D eigenvalue weighted by Gasteiger charge is 2.26. The molecule has 0 saturated heterocycles. The molecule has 0 aromatic heterocycles. The fourth-order valence-corrected chi connectivity index (χ4v) is 2.38. The first-order valence-corrected chi connectivity index (χ1v) is 6.75. The van der Waals surface area contributed by atoms with Crippen LogP contribution in [-0.4, -0.2) is 24.4 Å². The van der Waals surface area contributed by atoms with Crippen LogP contribution in [0.25, 0.3) is 0 Å². The molecule has 1 saturated carbocycles. The van der Waals surface area contributed by atoms with Crippen LogP contribution in [0, 0.1) is 17.8 Å². The van der Waals surface area contributed by atoms with Gasteiger partial charge in [0.05, 0.1) is 0 Å². The minimum atomic E-state index is 0.313. The molecule has 0 aromatic carbocycles. The maximum Gasteiger partial charge on any atom is 0.225 e. The minimum Gasteiger partial charge on any atom is -0.346 e. The lowest BCUT2D eigenvalue weighted by Crippen LogP contribution is -2.35. The van der Waals surface area contributed by atoms with E-state index in [4.69, 9.17) is 0 Å². The highest BCUT2D eigenvalue weighted by Crippen LogP contribution is 2.29. The van der Waals surface area contributed by atoms with Crippen LogP contribution in [0.3, 0.4) is 0 Å².